The average Bonchev–Trinajstić information content (AvgIpc) is 2.59. The van der Waals surface area contributed by atoms with Crippen molar-refractivity contribution >= 4 is 5.97 Å². The van der Waals surface area contributed by atoms with Crippen molar-refractivity contribution in [2.24, 2.45) is 5.92 Å². The number of aliphatic hydroxyl groups is 1. The van der Waals surface area contributed by atoms with Crippen molar-refractivity contribution in [1.82, 2.24) is 0 Å². The number of carboxylic acid groups (broad SMARTS) is 1. The molecule has 0 saturated heterocycles. The zero-order valence-electron chi connectivity index (χ0n) is 17.0. The number of nitrogens with zero attached hydrogens (tertiary/aromatic N) is 1. The topological polar surface area (TPSA) is 57.5 Å². The molecule has 4 nitrogen and oxygen atoms in total. The Hall–Kier alpha value is -0.870. The van der Waals surface area contributed by atoms with Crippen LogP contribution >= 0.6 is 0 Å². The molecule has 0 radical (unpaired) electrons. The van der Waals surface area contributed by atoms with Crippen LogP contribution in [0.15, 0.2) is 12.2 Å². The molecule has 0 spiro atoms. The summed E-state index contributed by atoms with van der Waals surface area (Å²) < 4.78 is 0.728. The second-order valence-electron chi connectivity index (χ2n) is 7.44. The van der Waals surface area contributed by atoms with Crippen LogP contribution in [0.1, 0.15) is 79.1 Å². The van der Waals surface area contributed by atoms with Crippen LogP contribution in [-0.2, 0) is 4.79 Å². The number of carbonyl (C=O) groups is 1. The van der Waals surface area contributed by atoms with Gasteiger partial charge in [0.05, 0.1) is 19.6 Å². The maximum Gasteiger partial charge on any atom is 0.312 e. The Labute approximate surface area is 155 Å². The Morgan fingerprint density at radius 2 is 1.52 bits per heavy atom. The predicted molar refractivity (Wildman–Crippen MR) is 106 cm³/mol. The van der Waals surface area contributed by atoms with Crippen molar-refractivity contribution in [2.45, 2.75) is 85.2 Å². The molecule has 0 aliphatic heterocycles. The number of quaternary nitrogens is 1. The zero-order valence-corrected chi connectivity index (χ0v) is 17.0. The van der Waals surface area contributed by atoms with E-state index in [1.165, 1.54) is 0 Å². The van der Waals surface area contributed by atoms with E-state index in [2.05, 4.69) is 26.8 Å². The van der Waals surface area contributed by atoms with Gasteiger partial charge in [-0.05, 0) is 25.7 Å². The smallest absolute Gasteiger partial charge is 0.312 e. The summed E-state index contributed by atoms with van der Waals surface area (Å²) >= 11 is 0. The monoisotopic (exact) mass is 356 g/mol. The number of aliphatic hydroxyl groups excluding tert-OH is 1. The van der Waals surface area contributed by atoms with Gasteiger partial charge in [0, 0.05) is 0 Å². The summed E-state index contributed by atoms with van der Waals surface area (Å²) in [4.78, 5) is 11.6. The second kappa shape index (κ2) is 14.3. The quantitative estimate of drug-likeness (QED) is 0.241. The van der Waals surface area contributed by atoms with Gasteiger partial charge in [-0.1, -0.05) is 65.5 Å². The third-order valence-electron chi connectivity index (χ3n) is 5.08. The lowest BCUT2D eigenvalue weighted by Crippen LogP contribution is -2.56. The molecule has 2 atom stereocenters. The van der Waals surface area contributed by atoms with Gasteiger partial charge in [0.25, 0.3) is 0 Å². The van der Waals surface area contributed by atoms with Crippen molar-refractivity contribution in [2.75, 3.05) is 26.2 Å². The first-order chi connectivity index (χ1) is 11.9. The number of aliphatic carboxylic acids is 1. The Bertz CT molecular complexity index is 360. The Morgan fingerprint density at radius 3 is 1.96 bits per heavy atom. The lowest BCUT2D eigenvalue weighted by molar-refractivity contribution is -0.932. The molecule has 4 heteroatoms. The lowest BCUT2D eigenvalue weighted by atomic mass is 10.0. The highest BCUT2D eigenvalue weighted by Gasteiger charge is 2.34. The van der Waals surface area contributed by atoms with Crippen molar-refractivity contribution in [3.05, 3.63) is 12.2 Å². The molecule has 2 N–H and O–H groups in total. The van der Waals surface area contributed by atoms with Gasteiger partial charge >= 0.3 is 5.97 Å². The van der Waals surface area contributed by atoms with Crippen molar-refractivity contribution in [3.8, 4) is 0 Å². The van der Waals surface area contributed by atoms with Crippen LogP contribution in [0.4, 0.5) is 0 Å². The molecule has 0 aliphatic rings. The van der Waals surface area contributed by atoms with Crippen LogP contribution in [0.25, 0.3) is 0 Å². The molecule has 0 rings (SSSR count). The van der Waals surface area contributed by atoms with Gasteiger partial charge in [-0.25, -0.2) is 0 Å². The summed E-state index contributed by atoms with van der Waals surface area (Å²) in [7, 11) is 0. The third kappa shape index (κ3) is 10.7. The summed E-state index contributed by atoms with van der Waals surface area (Å²) in [6.45, 7) is 11.6. The van der Waals surface area contributed by atoms with Crippen LogP contribution in [0.3, 0.4) is 0 Å². The molecule has 148 valence electrons. The molecule has 2 unspecified atom stereocenters. The largest absolute Gasteiger partial charge is 0.481 e. The average molecular weight is 357 g/mol. The SMILES string of the molecule is CCCC/C=C/C(O)C[N+](CCCC)(CCCC)CC(CC)C(=O)O. The maximum absolute atomic E-state index is 11.6. The van der Waals surface area contributed by atoms with Gasteiger partial charge in [0.1, 0.15) is 18.6 Å². The first-order valence-electron chi connectivity index (χ1n) is 10.4. The molecule has 0 fully saturated rings. The normalized spacial score (nSPS) is 14.8. The van der Waals surface area contributed by atoms with Gasteiger partial charge in [-0.15, -0.1) is 0 Å². The molecule has 0 heterocycles. The van der Waals surface area contributed by atoms with E-state index >= 15 is 0 Å². The summed E-state index contributed by atoms with van der Waals surface area (Å²) in [5.74, 6) is -1.03. The molecule has 0 bridgehead atoms. The highest BCUT2D eigenvalue weighted by atomic mass is 16.4. The molecule has 0 saturated carbocycles. The Morgan fingerprint density at radius 1 is 0.960 bits per heavy atom. The van der Waals surface area contributed by atoms with E-state index in [4.69, 9.17) is 0 Å². The number of rotatable bonds is 16. The number of allylic oxidation sites excluding steroid dienone is 1. The van der Waals surface area contributed by atoms with Gasteiger partial charge in [0.2, 0.25) is 0 Å². The van der Waals surface area contributed by atoms with Crippen molar-refractivity contribution < 1.29 is 19.5 Å². The zero-order chi connectivity index (χ0) is 19.1. The van der Waals surface area contributed by atoms with E-state index in [-0.39, 0.29) is 5.92 Å². The molecule has 0 aromatic rings. The van der Waals surface area contributed by atoms with Gasteiger partial charge in [-0.2, -0.15) is 0 Å². The lowest BCUT2D eigenvalue weighted by Gasteiger charge is -2.41. The van der Waals surface area contributed by atoms with Crippen LogP contribution < -0.4 is 0 Å². The summed E-state index contributed by atoms with van der Waals surface area (Å²) in [6.07, 6.45) is 11.8. The standard InChI is InChI=1S/C21H41NO3/c1-5-9-12-13-14-20(23)18-22(15-10-6-2,16-11-7-3)17-19(8-4)21(24)25/h13-14,19-20,23H,5-12,15-18H2,1-4H3/p+1/b14-13+. The first-order valence-corrected chi connectivity index (χ1v) is 10.4. The molecule has 0 aliphatic carbocycles. The van der Waals surface area contributed by atoms with Crippen molar-refractivity contribution in [3.63, 3.8) is 0 Å². The van der Waals surface area contributed by atoms with E-state index < -0.39 is 12.1 Å². The molecule has 0 amide bonds. The second-order valence-corrected chi connectivity index (χ2v) is 7.44. The molecule has 0 aromatic heterocycles. The van der Waals surface area contributed by atoms with E-state index in [1.54, 1.807) is 0 Å². The first kappa shape index (κ1) is 24.1. The minimum Gasteiger partial charge on any atom is -0.481 e. The molecule has 0 aromatic carbocycles. The molecular weight excluding hydrogens is 314 g/mol. The Balaban J connectivity index is 5.20. The fourth-order valence-corrected chi connectivity index (χ4v) is 3.42. The van der Waals surface area contributed by atoms with E-state index in [9.17, 15) is 15.0 Å². The van der Waals surface area contributed by atoms with E-state index in [0.29, 0.717) is 19.5 Å². The van der Waals surface area contributed by atoms with E-state index in [1.807, 2.05) is 13.0 Å². The number of hydrogen-bond donors (Lipinski definition) is 2. The highest BCUT2D eigenvalue weighted by molar-refractivity contribution is 5.69. The Kier molecular flexibility index (Phi) is 13.8. The maximum atomic E-state index is 11.6. The summed E-state index contributed by atoms with van der Waals surface area (Å²) in [5, 5.41) is 20.1. The van der Waals surface area contributed by atoms with Gasteiger partial charge in [-0.3, -0.25) is 4.79 Å². The highest BCUT2D eigenvalue weighted by Crippen LogP contribution is 2.20. The summed E-state index contributed by atoms with van der Waals surface area (Å²) in [6, 6.07) is 0. The predicted octanol–water partition coefficient (Wildman–Crippen LogP) is 4.62. The fraction of sp³-hybridized carbons (Fsp3) is 0.857. The number of carboxylic acids is 1. The summed E-state index contributed by atoms with van der Waals surface area (Å²) in [5.41, 5.74) is 0. The van der Waals surface area contributed by atoms with Crippen LogP contribution in [0.2, 0.25) is 0 Å². The molecular formula is C21H42NO3+. The minimum absolute atomic E-state index is 0.329. The number of unbranched alkanes of at least 4 members (excludes halogenated alkanes) is 4. The van der Waals surface area contributed by atoms with E-state index in [0.717, 1.165) is 62.5 Å². The minimum atomic E-state index is -0.703. The number of hydrogen-bond acceptors (Lipinski definition) is 2. The van der Waals surface area contributed by atoms with Gasteiger partial charge < -0.3 is 14.7 Å². The third-order valence-corrected chi connectivity index (χ3v) is 5.08. The van der Waals surface area contributed by atoms with Crippen LogP contribution in [0.5, 0.6) is 0 Å². The fourth-order valence-electron chi connectivity index (χ4n) is 3.42. The van der Waals surface area contributed by atoms with Gasteiger partial charge in [0.15, 0.2) is 0 Å². The van der Waals surface area contributed by atoms with Crippen LogP contribution in [-0.4, -0.2) is 52.9 Å². The van der Waals surface area contributed by atoms with Crippen LogP contribution in [0, 0.1) is 5.92 Å². The molecule has 25 heavy (non-hydrogen) atoms. The van der Waals surface area contributed by atoms with Crippen molar-refractivity contribution in [1.29, 1.82) is 0 Å².